The first-order valence-corrected chi connectivity index (χ1v) is 7.65. The average molecular weight is 294 g/mol. The highest BCUT2D eigenvalue weighted by atomic mass is 16.4. The van der Waals surface area contributed by atoms with Gasteiger partial charge < -0.3 is 5.11 Å². The van der Waals surface area contributed by atoms with Crippen LogP contribution in [0.15, 0.2) is 36.5 Å². The second-order valence-corrected chi connectivity index (χ2v) is 6.92. The predicted octanol–water partition coefficient (Wildman–Crippen LogP) is 3.46. The number of rotatable bonds is 2. The van der Waals surface area contributed by atoms with Crippen molar-refractivity contribution in [2.75, 3.05) is 0 Å². The first-order valence-electron chi connectivity index (χ1n) is 7.65. The van der Waals surface area contributed by atoms with E-state index in [1.165, 1.54) is 0 Å². The van der Waals surface area contributed by atoms with Gasteiger partial charge >= 0.3 is 5.97 Å². The number of aliphatic carboxylic acids is 1. The highest BCUT2D eigenvalue weighted by Gasteiger charge is 2.59. The zero-order chi connectivity index (χ0) is 15.5. The van der Waals surface area contributed by atoms with Crippen LogP contribution < -0.4 is 0 Å². The topological polar surface area (TPSA) is 63.1 Å². The minimum absolute atomic E-state index is 0.00575. The van der Waals surface area contributed by atoms with Crippen molar-refractivity contribution in [2.24, 2.45) is 11.3 Å². The summed E-state index contributed by atoms with van der Waals surface area (Å²) in [7, 11) is 0. The molecule has 0 radical (unpaired) electrons. The fourth-order valence-corrected chi connectivity index (χ4v) is 4.20. The molecule has 4 heteroatoms. The Morgan fingerprint density at radius 2 is 2.05 bits per heavy atom. The number of carboxylic acids is 1. The molecule has 3 aliphatic rings. The van der Waals surface area contributed by atoms with Gasteiger partial charge in [0.25, 0.3) is 0 Å². The predicted molar refractivity (Wildman–Crippen MR) is 82.5 cm³/mol. The van der Waals surface area contributed by atoms with E-state index in [-0.39, 0.29) is 11.3 Å². The molecule has 0 saturated heterocycles. The molecule has 2 heterocycles. The Bertz CT molecular complexity index is 755. The highest BCUT2D eigenvalue weighted by Crippen LogP contribution is 2.66. The summed E-state index contributed by atoms with van der Waals surface area (Å²) >= 11 is 0. The first kappa shape index (κ1) is 13.4. The normalized spacial score (nSPS) is 27.6. The minimum Gasteiger partial charge on any atom is -0.481 e. The lowest BCUT2D eigenvalue weighted by Gasteiger charge is -2.58. The maximum atomic E-state index is 11.8. The van der Waals surface area contributed by atoms with Crippen LogP contribution in [0.4, 0.5) is 0 Å². The van der Waals surface area contributed by atoms with Crippen molar-refractivity contribution in [3.63, 3.8) is 0 Å². The summed E-state index contributed by atoms with van der Waals surface area (Å²) in [4.78, 5) is 20.9. The van der Waals surface area contributed by atoms with E-state index >= 15 is 0 Å². The molecule has 3 aliphatic carbocycles. The average Bonchev–Trinajstić information content (AvgIpc) is 2.53. The molecular formula is C18H18N2O2. The third kappa shape index (κ3) is 1.67. The quantitative estimate of drug-likeness (QED) is 0.921. The van der Waals surface area contributed by atoms with Gasteiger partial charge in [0.15, 0.2) is 0 Å². The third-order valence-corrected chi connectivity index (χ3v) is 5.56. The Morgan fingerprint density at radius 3 is 2.68 bits per heavy atom. The second kappa shape index (κ2) is 4.38. The summed E-state index contributed by atoms with van der Waals surface area (Å²) in [6.45, 7) is 4.33. The summed E-state index contributed by atoms with van der Waals surface area (Å²) in [5.41, 5.74) is 3.52. The molecule has 2 aromatic rings. The lowest BCUT2D eigenvalue weighted by atomic mass is 9.45. The van der Waals surface area contributed by atoms with Crippen molar-refractivity contribution in [1.29, 1.82) is 0 Å². The van der Waals surface area contributed by atoms with Gasteiger partial charge in [-0.3, -0.25) is 14.8 Å². The van der Waals surface area contributed by atoms with Crippen LogP contribution >= 0.6 is 0 Å². The van der Waals surface area contributed by atoms with Crippen molar-refractivity contribution in [3.8, 4) is 11.4 Å². The number of carboxylic acid groups (broad SMARTS) is 1. The fourth-order valence-electron chi connectivity index (χ4n) is 4.20. The van der Waals surface area contributed by atoms with E-state index in [0.717, 1.165) is 29.1 Å². The largest absolute Gasteiger partial charge is 0.481 e. The minimum atomic E-state index is -0.732. The zero-order valence-electron chi connectivity index (χ0n) is 12.7. The smallest absolute Gasteiger partial charge is 0.311 e. The molecular weight excluding hydrogens is 276 g/mol. The summed E-state index contributed by atoms with van der Waals surface area (Å²) in [6, 6.07) is 9.59. The van der Waals surface area contributed by atoms with E-state index in [1.54, 1.807) is 6.20 Å². The molecule has 0 spiro atoms. The number of nitrogens with zero attached hydrogens (tertiary/aromatic N) is 2. The van der Waals surface area contributed by atoms with Gasteiger partial charge in [0.05, 0.1) is 17.3 Å². The molecule has 0 aliphatic heterocycles. The van der Waals surface area contributed by atoms with Crippen molar-refractivity contribution in [2.45, 2.75) is 32.1 Å². The molecule has 112 valence electrons. The maximum Gasteiger partial charge on any atom is 0.311 e. The number of hydrogen-bond acceptors (Lipinski definition) is 3. The zero-order valence-corrected chi connectivity index (χ0v) is 12.7. The Labute approximate surface area is 129 Å². The maximum absolute atomic E-state index is 11.8. The fraction of sp³-hybridized carbons (Fsp3) is 0.389. The second-order valence-electron chi connectivity index (χ2n) is 6.92. The summed E-state index contributed by atoms with van der Waals surface area (Å²) in [5.74, 6) is -0.595. The molecule has 5 rings (SSSR count). The molecule has 4 nitrogen and oxygen atoms in total. The molecule has 0 amide bonds. The van der Waals surface area contributed by atoms with E-state index in [1.807, 2.05) is 30.3 Å². The van der Waals surface area contributed by atoms with Crippen LogP contribution in [0, 0.1) is 11.3 Å². The van der Waals surface area contributed by atoms with E-state index in [9.17, 15) is 9.90 Å². The first-order chi connectivity index (χ1) is 10.5. The van der Waals surface area contributed by atoms with Crippen LogP contribution in [0.2, 0.25) is 0 Å². The summed E-state index contributed by atoms with van der Waals surface area (Å²) < 4.78 is 0. The molecule has 0 unspecified atom stereocenters. The number of carbonyl (C=O) groups is 1. The van der Waals surface area contributed by atoms with Crippen LogP contribution in [0.5, 0.6) is 0 Å². The molecule has 2 aromatic heterocycles. The van der Waals surface area contributed by atoms with E-state index in [0.29, 0.717) is 5.92 Å². The molecule has 0 aromatic carbocycles. The van der Waals surface area contributed by atoms with Gasteiger partial charge in [-0.2, -0.15) is 0 Å². The van der Waals surface area contributed by atoms with E-state index < -0.39 is 11.9 Å². The number of aromatic nitrogens is 2. The molecule has 1 N–H and O–H groups in total. The molecule has 2 bridgehead atoms. The van der Waals surface area contributed by atoms with Crippen LogP contribution in [0.25, 0.3) is 11.4 Å². The Balaban J connectivity index is 1.86. The van der Waals surface area contributed by atoms with Crippen LogP contribution in [-0.2, 0) is 4.79 Å². The van der Waals surface area contributed by atoms with Crippen molar-refractivity contribution in [3.05, 3.63) is 47.8 Å². The van der Waals surface area contributed by atoms with Gasteiger partial charge in [-0.1, -0.05) is 26.0 Å². The monoisotopic (exact) mass is 294 g/mol. The van der Waals surface area contributed by atoms with Gasteiger partial charge in [-0.25, -0.2) is 0 Å². The number of pyridine rings is 2. The van der Waals surface area contributed by atoms with Crippen molar-refractivity contribution < 1.29 is 9.90 Å². The lowest BCUT2D eigenvalue weighted by Crippen LogP contribution is -2.52. The molecule has 1 saturated carbocycles. The lowest BCUT2D eigenvalue weighted by molar-refractivity contribution is -0.146. The third-order valence-electron chi connectivity index (χ3n) is 5.56. The Kier molecular flexibility index (Phi) is 2.68. The molecule has 1 fully saturated rings. The van der Waals surface area contributed by atoms with Gasteiger partial charge in [0.2, 0.25) is 0 Å². The van der Waals surface area contributed by atoms with Gasteiger partial charge in [-0.15, -0.1) is 0 Å². The van der Waals surface area contributed by atoms with Crippen LogP contribution in [-0.4, -0.2) is 21.0 Å². The molecule has 22 heavy (non-hydrogen) atoms. The van der Waals surface area contributed by atoms with Crippen LogP contribution in [0.1, 0.15) is 43.4 Å². The standard InChI is InChI=1S/C18H18N2O2/c1-18(2)11-9-12(18)16-10(15(11)17(21)22)6-7-14(20-16)13-5-3-4-8-19-13/h3-8,11-12,15H,9H2,1-2H3,(H,21,22)/t11-,12+,15-/m1/s1. The number of hydrogen-bond donors (Lipinski definition) is 1. The Morgan fingerprint density at radius 1 is 1.23 bits per heavy atom. The van der Waals surface area contributed by atoms with Gasteiger partial charge in [0, 0.05) is 17.8 Å². The van der Waals surface area contributed by atoms with Crippen molar-refractivity contribution in [1.82, 2.24) is 9.97 Å². The SMILES string of the molecule is CC1(C)[C@@H]2C[C@H]1c1nc(-c3ccccn3)ccc1[C@H]2C(=O)O. The van der Waals surface area contributed by atoms with Gasteiger partial charge in [-0.05, 0) is 41.5 Å². The molecule has 3 atom stereocenters. The van der Waals surface area contributed by atoms with Crippen LogP contribution in [0.3, 0.4) is 0 Å². The Hall–Kier alpha value is -2.23. The van der Waals surface area contributed by atoms with Crippen molar-refractivity contribution >= 4 is 5.97 Å². The van der Waals surface area contributed by atoms with E-state index in [4.69, 9.17) is 4.98 Å². The highest BCUT2D eigenvalue weighted by molar-refractivity contribution is 5.79. The summed E-state index contributed by atoms with van der Waals surface area (Å²) in [6.07, 6.45) is 2.68. The van der Waals surface area contributed by atoms with Gasteiger partial charge in [0.1, 0.15) is 0 Å². The summed E-state index contributed by atoms with van der Waals surface area (Å²) in [5, 5.41) is 9.66. The van der Waals surface area contributed by atoms with E-state index in [2.05, 4.69) is 18.8 Å².